The highest BCUT2D eigenvalue weighted by Crippen LogP contribution is 2.28. The number of aryl methyl sites for hydroxylation is 1. The number of aromatic nitrogens is 2. The second kappa shape index (κ2) is 4.94. The lowest BCUT2D eigenvalue weighted by Crippen LogP contribution is -2.15. The number of nitrogens with zero attached hydrogens (tertiary/aromatic N) is 4. The van der Waals surface area contributed by atoms with Crippen molar-refractivity contribution < 1.29 is 5.11 Å². The average Bonchev–Trinajstić information content (AvgIpc) is 2.41. The van der Waals surface area contributed by atoms with E-state index in [1.165, 1.54) is 0 Å². The van der Waals surface area contributed by atoms with Crippen LogP contribution in [0.1, 0.15) is 16.8 Å². The molecule has 0 saturated heterocycles. The Morgan fingerprint density at radius 3 is 2.63 bits per heavy atom. The van der Waals surface area contributed by atoms with Crippen LogP contribution in [0.4, 0.5) is 11.5 Å². The molecular formula is C14H14N4O. The molecule has 0 aliphatic rings. The van der Waals surface area contributed by atoms with Crippen LogP contribution in [0.3, 0.4) is 0 Å². The fraction of sp³-hybridized carbons (Fsp3) is 0.214. The molecule has 0 aliphatic carbocycles. The van der Waals surface area contributed by atoms with Crippen LogP contribution < -0.4 is 4.90 Å². The fourth-order valence-corrected chi connectivity index (χ4v) is 1.79. The molecule has 96 valence electrons. The van der Waals surface area contributed by atoms with Crippen molar-refractivity contribution in [1.29, 1.82) is 5.26 Å². The van der Waals surface area contributed by atoms with Crippen LogP contribution in [0.5, 0.6) is 5.75 Å². The number of hydrogen-bond donors (Lipinski definition) is 1. The summed E-state index contributed by atoms with van der Waals surface area (Å²) in [5, 5.41) is 26.9. The minimum atomic E-state index is 0.166. The van der Waals surface area contributed by atoms with Crippen molar-refractivity contribution in [3.63, 3.8) is 0 Å². The minimum absolute atomic E-state index is 0.166. The van der Waals surface area contributed by atoms with Gasteiger partial charge >= 0.3 is 0 Å². The van der Waals surface area contributed by atoms with E-state index in [1.807, 2.05) is 19.9 Å². The normalized spacial score (nSPS) is 10.0. The summed E-state index contributed by atoms with van der Waals surface area (Å²) in [4.78, 5) is 1.73. The average molecular weight is 254 g/mol. The molecule has 0 aliphatic heterocycles. The zero-order valence-electron chi connectivity index (χ0n) is 11.0. The van der Waals surface area contributed by atoms with Crippen LogP contribution in [0, 0.1) is 25.2 Å². The molecule has 0 spiro atoms. The molecule has 5 heteroatoms. The lowest BCUT2D eigenvalue weighted by atomic mass is 10.1. The summed E-state index contributed by atoms with van der Waals surface area (Å²) in [6.07, 6.45) is 0. The molecule has 0 radical (unpaired) electrons. The molecule has 1 N–H and O–H groups in total. The zero-order valence-corrected chi connectivity index (χ0v) is 11.0. The van der Waals surface area contributed by atoms with Gasteiger partial charge in [-0.15, -0.1) is 5.10 Å². The van der Waals surface area contributed by atoms with Gasteiger partial charge in [0.2, 0.25) is 0 Å². The van der Waals surface area contributed by atoms with Crippen molar-refractivity contribution in [1.82, 2.24) is 10.2 Å². The van der Waals surface area contributed by atoms with Gasteiger partial charge in [0, 0.05) is 18.8 Å². The second-order valence-electron chi connectivity index (χ2n) is 4.30. The van der Waals surface area contributed by atoms with Gasteiger partial charge in [-0.2, -0.15) is 10.4 Å². The smallest absolute Gasteiger partial charge is 0.173 e. The molecule has 0 amide bonds. The topological polar surface area (TPSA) is 73.0 Å². The molecule has 2 aromatic rings. The van der Waals surface area contributed by atoms with Crippen molar-refractivity contribution in [3.05, 3.63) is 41.1 Å². The van der Waals surface area contributed by atoms with Crippen molar-refractivity contribution >= 4 is 11.5 Å². The maximum absolute atomic E-state index is 9.51. The Kier molecular flexibility index (Phi) is 3.34. The fourth-order valence-electron chi connectivity index (χ4n) is 1.79. The Morgan fingerprint density at radius 1 is 1.26 bits per heavy atom. The van der Waals surface area contributed by atoms with E-state index in [2.05, 4.69) is 16.3 Å². The Balaban J connectivity index is 2.54. The third kappa shape index (κ3) is 2.33. The van der Waals surface area contributed by atoms with Gasteiger partial charge in [-0.1, -0.05) is 6.07 Å². The summed E-state index contributed by atoms with van der Waals surface area (Å²) >= 11 is 0. The molecule has 0 bridgehead atoms. The number of phenols is 1. The molecular weight excluding hydrogens is 240 g/mol. The van der Waals surface area contributed by atoms with Gasteiger partial charge in [0.25, 0.3) is 0 Å². The largest absolute Gasteiger partial charge is 0.508 e. The number of nitriles is 1. The third-order valence-electron chi connectivity index (χ3n) is 3.08. The van der Waals surface area contributed by atoms with E-state index in [0.717, 1.165) is 16.9 Å². The first-order valence-electron chi connectivity index (χ1n) is 5.81. The van der Waals surface area contributed by atoms with E-state index < -0.39 is 0 Å². The Bertz CT molecular complexity index is 661. The maximum Gasteiger partial charge on any atom is 0.173 e. The highest BCUT2D eigenvalue weighted by molar-refractivity contribution is 5.67. The molecule has 1 heterocycles. The Morgan fingerprint density at radius 2 is 2.00 bits per heavy atom. The van der Waals surface area contributed by atoms with E-state index in [1.54, 1.807) is 30.1 Å². The SMILES string of the molecule is Cc1nnc(N(C)c2cccc(O)c2)c(C#N)c1C. The highest BCUT2D eigenvalue weighted by atomic mass is 16.3. The van der Waals surface area contributed by atoms with Crippen LogP contribution in [0.2, 0.25) is 0 Å². The number of benzene rings is 1. The molecule has 1 aromatic heterocycles. The van der Waals surface area contributed by atoms with Crippen LogP contribution in [0.15, 0.2) is 24.3 Å². The summed E-state index contributed by atoms with van der Waals surface area (Å²) in [6.45, 7) is 3.67. The Hall–Kier alpha value is -2.61. The summed E-state index contributed by atoms with van der Waals surface area (Å²) in [5.41, 5.74) is 2.80. The van der Waals surface area contributed by atoms with Gasteiger partial charge in [-0.05, 0) is 31.5 Å². The van der Waals surface area contributed by atoms with Gasteiger partial charge in [-0.3, -0.25) is 0 Å². The molecule has 5 nitrogen and oxygen atoms in total. The van der Waals surface area contributed by atoms with Crippen molar-refractivity contribution in [2.24, 2.45) is 0 Å². The van der Waals surface area contributed by atoms with E-state index in [0.29, 0.717) is 11.4 Å². The minimum Gasteiger partial charge on any atom is -0.508 e. The summed E-state index contributed by atoms with van der Waals surface area (Å²) in [5.74, 6) is 0.649. The molecule has 19 heavy (non-hydrogen) atoms. The molecule has 2 rings (SSSR count). The summed E-state index contributed by atoms with van der Waals surface area (Å²) in [7, 11) is 1.79. The van der Waals surface area contributed by atoms with Crippen LogP contribution >= 0.6 is 0 Å². The van der Waals surface area contributed by atoms with Gasteiger partial charge < -0.3 is 10.0 Å². The monoisotopic (exact) mass is 254 g/mol. The molecule has 0 fully saturated rings. The number of hydrogen-bond acceptors (Lipinski definition) is 5. The summed E-state index contributed by atoms with van der Waals surface area (Å²) < 4.78 is 0. The number of anilines is 2. The van der Waals surface area contributed by atoms with Gasteiger partial charge in [0.05, 0.1) is 5.69 Å². The van der Waals surface area contributed by atoms with Gasteiger partial charge in [0.1, 0.15) is 17.4 Å². The quantitative estimate of drug-likeness (QED) is 0.891. The zero-order chi connectivity index (χ0) is 14.0. The van der Waals surface area contributed by atoms with Gasteiger partial charge in [0.15, 0.2) is 5.82 Å². The maximum atomic E-state index is 9.51. The van der Waals surface area contributed by atoms with E-state index in [-0.39, 0.29) is 5.75 Å². The van der Waals surface area contributed by atoms with Crippen molar-refractivity contribution in [3.8, 4) is 11.8 Å². The van der Waals surface area contributed by atoms with E-state index in [4.69, 9.17) is 0 Å². The standard InChI is InChI=1S/C14H14N4O/c1-9-10(2)16-17-14(13(9)8-15)18(3)11-5-4-6-12(19)7-11/h4-7,19H,1-3H3. The molecule has 0 atom stereocenters. The summed E-state index contributed by atoms with van der Waals surface area (Å²) in [6, 6.07) is 8.93. The van der Waals surface area contributed by atoms with Crippen LogP contribution in [-0.2, 0) is 0 Å². The van der Waals surface area contributed by atoms with E-state index >= 15 is 0 Å². The Labute approximate surface area is 111 Å². The first-order chi connectivity index (χ1) is 9.04. The van der Waals surface area contributed by atoms with E-state index in [9.17, 15) is 10.4 Å². The highest BCUT2D eigenvalue weighted by Gasteiger charge is 2.15. The van der Waals surface area contributed by atoms with Crippen molar-refractivity contribution in [2.45, 2.75) is 13.8 Å². The molecule has 0 saturated carbocycles. The molecule has 0 unspecified atom stereocenters. The number of rotatable bonds is 2. The molecule has 1 aromatic carbocycles. The number of phenolic OH excluding ortho intramolecular Hbond substituents is 1. The predicted octanol–water partition coefficient (Wildman–Crippen LogP) is 2.44. The van der Waals surface area contributed by atoms with Crippen LogP contribution in [0.25, 0.3) is 0 Å². The first-order valence-corrected chi connectivity index (χ1v) is 5.81. The lowest BCUT2D eigenvalue weighted by molar-refractivity contribution is 0.475. The first kappa shape index (κ1) is 12.8. The second-order valence-corrected chi connectivity index (χ2v) is 4.30. The number of aromatic hydroxyl groups is 1. The lowest BCUT2D eigenvalue weighted by Gasteiger charge is -2.20. The van der Waals surface area contributed by atoms with Gasteiger partial charge in [-0.25, -0.2) is 0 Å². The predicted molar refractivity (Wildman–Crippen MR) is 72.4 cm³/mol. The third-order valence-corrected chi connectivity index (χ3v) is 3.08. The van der Waals surface area contributed by atoms with Crippen molar-refractivity contribution in [2.75, 3.05) is 11.9 Å². The van der Waals surface area contributed by atoms with Crippen LogP contribution in [-0.4, -0.2) is 22.4 Å².